The molecule has 1 N–H and O–H groups in total. The van der Waals surface area contributed by atoms with E-state index in [1.54, 1.807) is 49.6 Å². The van der Waals surface area contributed by atoms with Crippen molar-refractivity contribution in [2.24, 2.45) is 0 Å². The third-order valence-corrected chi connectivity index (χ3v) is 9.64. The Morgan fingerprint density at radius 3 is 2.11 bits per heavy atom. The van der Waals surface area contributed by atoms with Gasteiger partial charge >= 0.3 is 0 Å². The van der Waals surface area contributed by atoms with E-state index >= 15 is 0 Å². The van der Waals surface area contributed by atoms with Crippen LogP contribution in [0.15, 0.2) is 77.7 Å². The number of carbonyl (C=O) groups excluding carboxylic acids is 2. The fourth-order valence-electron chi connectivity index (χ4n) is 5.44. The molecule has 0 aromatic heterocycles. The quantitative estimate of drug-likeness (QED) is 0.275. The minimum Gasteiger partial charge on any atom is -0.497 e. The maximum atomic E-state index is 14.4. The average Bonchev–Trinajstić information content (AvgIpc) is 3.56. The van der Waals surface area contributed by atoms with E-state index in [0.717, 1.165) is 35.6 Å². The van der Waals surface area contributed by atoms with Gasteiger partial charge in [0.2, 0.25) is 11.8 Å². The van der Waals surface area contributed by atoms with Crippen molar-refractivity contribution in [2.75, 3.05) is 32.2 Å². The number of amides is 2. The largest absolute Gasteiger partial charge is 0.497 e. The molecule has 1 aliphatic carbocycles. The Balaban J connectivity index is 1.77. The smallest absolute Gasteiger partial charge is 0.264 e. The van der Waals surface area contributed by atoms with E-state index in [1.807, 2.05) is 19.1 Å². The molecule has 0 spiro atoms. The van der Waals surface area contributed by atoms with E-state index in [1.165, 1.54) is 37.3 Å². The molecule has 44 heavy (non-hydrogen) atoms. The molecule has 0 aliphatic heterocycles. The topological polar surface area (TPSA) is 114 Å². The Hall–Kier alpha value is -4.25. The number of methoxy groups -OCH3 is 3. The standard InChI is InChI=1S/C33H41N3O7S/c1-5-29(33(38)34-25-11-9-10-12-25)35(22-24-15-17-26(41-2)18-16-24)32(37)23-36(44(39,40)28-13-7-6-8-14-28)30-21-27(42-3)19-20-31(30)43-4/h6-8,13-21,25,29H,5,9-12,22-23H2,1-4H3,(H,34,38). The number of hydrogen-bond donors (Lipinski definition) is 1. The van der Waals surface area contributed by atoms with Gasteiger partial charge in [0.15, 0.2) is 0 Å². The van der Waals surface area contributed by atoms with Crippen molar-refractivity contribution in [3.8, 4) is 17.2 Å². The number of anilines is 1. The van der Waals surface area contributed by atoms with Gasteiger partial charge in [-0.05, 0) is 61.2 Å². The molecule has 236 valence electrons. The molecule has 11 heteroatoms. The summed E-state index contributed by atoms with van der Waals surface area (Å²) in [5.74, 6) is 0.490. The zero-order valence-corrected chi connectivity index (χ0v) is 26.5. The second-order valence-corrected chi connectivity index (χ2v) is 12.5. The number of nitrogens with zero attached hydrogens (tertiary/aromatic N) is 2. The number of hydrogen-bond acceptors (Lipinski definition) is 7. The first-order valence-electron chi connectivity index (χ1n) is 14.7. The third kappa shape index (κ3) is 7.63. The zero-order valence-electron chi connectivity index (χ0n) is 25.7. The molecule has 1 saturated carbocycles. The van der Waals surface area contributed by atoms with Gasteiger partial charge < -0.3 is 24.4 Å². The summed E-state index contributed by atoms with van der Waals surface area (Å²) in [7, 11) is 0.207. The van der Waals surface area contributed by atoms with Crippen molar-refractivity contribution < 1.29 is 32.2 Å². The van der Waals surface area contributed by atoms with Gasteiger partial charge in [-0.15, -0.1) is 0 Å². The van der Waals surface area contributed by atoms with Gasteiger partial charge in [-0.1, -0.05) is 50.1 Å². The van der Waals surface area contributed by atoms with Crippen molar-refractivity contribution in [3.05, 3.63) is 78.4 Å². The summed E-state index contributed by atoms with van der Waals surface area (Å²) >= 11 is 0. The lowest BCUT2D eigenvalue weighted by atomic mass is 10.1. The molecule has 3 aromatic rings. The lowest BCUT2D eigenvalue weighted by molar-refractivity contribution is -0.140. The van der Waals surface area contributed by atoms with Gasteiger partial charge in [-0.3, -0.25) is 13.9 Å². The van der Waals surface area contributed by atoms with Crippen LogP contribution in [0.2, 0.25) is 0 Å². The van der Waals surface area contributed by atoms with Crippen molar-refractivity contribution in [1.29, 1.82) is 0 Å². The number of carbonyl (C=O) groups is 2. The lowest BCUT2D eigenvalue weighted by Gasteiger charge is -2.34. The molecular weight excluding hydrogens is 582 g/mol. The molecular formula is C33H41N3O7S. The maximum Gasteiger partial charge on any atom is 0.264 e. The maximum absolute atomic E-state index is 14.4. The first-order valence-corrected chi connectivity index (χ1v) is 16.2. The molecule has 0 saturated heterocycles. The van der Waals surface area contributed by atoms with E-state index in [-0.39, 0.29) is 34.8 Å². The van der Waals surface area contributed by atoms with E-state index in [4.69, 9.17) is 14.2 Å². The number of nitrogens with one attached hydrogen (secondary N) is 1. The van der Waals surface area contributed by atoms with E-state index in [2.05, 4.69) is 5.32 Å². The molecule has 1 aliphatic rings. The second-order valence-electron chi connectivity index (χ2n) is 10.6. The summed E-state index contributed by atoms with van der Waals surface area (Å²) < 4.78 is 45.5. The van der Waals surface area contributed by atoms with Crippen LogP contribution in [0, 0.1) is 0 Å². The molecule has 2 amide bonds. The van der Waals surface area contributed by atoms with Crippen LogP contribution < -0.4 is 23.8 Å². The summed E-state index contributed by atoms with van der Waals surface area (Å²) in [4.78, 5) is 29.5. The lowest BCUT2D eigenvalue weighted by Crippen LogP contribution is -2.53. The monoisotopic (exact) mass is 623 g/mol. The highest BCUT2D eigenvalue weighted by Crippen LogP contribution is 2.36. The second kappa shape index (κ2) is 15.0. The van der Waals surface area contributed by atoms with Crippen molar-refractivity contribution >= 4 is 27.5 Å². The molecule has 4 rings (SSSR count). The summed E-state index contributed by atoms with van der Waals surface area (Å²) in [5, 5.41) is 3.12. The molecule has 1 fully saturated rings. The number of ether oxygens (including phenoxy) is 3. The Kier molecular flexibility index (Phi) is 11.1. The third-order valence-electron chi connectivity index (χ3n) is 7.86. The van der Waals surface area contributed by atoms with Crippen LogP contribution in [0.5, 0.6) is 17.2 Å². The van der Waals surface area contributed by atoms with E-state index < -0.39 is 28.5 Å². The van der Waals surface area contributed by atoms with Crippen LogP contribution in [0.1, 0.15) is 44.6 Å². The van der Waals surface area contributed by atoms with Crippen LogP contribution in [-0.2, 0) is 26.2 Å². The van der Waals surface area contributed by atoms with Crippen LogP contribution in [-0.4, -0.2) is 65.1 Å². The highest BCUT2D eigenvalue weighted by molar-refractivity contribution is 7.92. The molecule has 1 unspecified atom stereocenters. The van der Waals surface area contributed by atoms with Crippen molar-refractivity contribution in [1.82, 2.24) is 10.2 Å². The summed E-state index contributed by atoms with van der Waals surface area (Å²) in [6.07, 6.45) is 4.23. The summed E-state index contributed by atoms with van der Waals surface area (Å²) in [5.41, 5.74) is 0.902. The van der Waals surface area contributed by atoms with Gasteiger partial charge in [0.1, 0.15) is 29.8 Å². The van der Waals surface area contributed by atoms with Gasteiger partial charge in [0, 0.05) is 18.7 Å². The summed E-state index contributed by atoms with van der Waals surface area (Å²) in [6, 6.07) is 19.1. The van der Waals surface area contributed by atoms with Crippen LogP contribution in [0.4, 0.5) is 5.69 Å². The SMILES string of the molecule is CCC(C(=O)NC1CCCC1)N(Cc1ccc(OC)cc1)C(=O)CN(c1cc(OC)ccc1OC)S(=O)(=O)c1ccccc1. The van der Waals surface area contributed by atoms with Crippen LogP contribution >= 0.6 is 0 Å². The first-order chi connectivity index (χ1) is 21.2. The van der Waals surface area contributed by atoms with Crippen LogP contribution in [0.25, 0.3) is 0 Å². The van der Waals surface area contributed by atoms with E-state index in [9.17, 15) is 18.0 Å². The minimum absolute atomic E-state index is 0.00500. The molecule has 0 radical (unpaired) electrons. The Morgan fingerprint density at radius 2 is 1.52 bits per heavy atom. The molecule has 0 heterocycles. The summed E-state index contributed by atoms with van der Waals surface area (Å²) in [6.45, 7) is 1.36. The van der Waals surface area contributed by atoms with Gasteiger partial charge in [0.05, 0.1) is 31.9 Å². The fraction of sp³-hybridized carbons (Fsp3) is 0.394. The Bertz CT molecular complexity index is 1510. The number of rotatable bonds is 14. The number of benzene rings is 3. The minimum atomic E-state index is -4.26. The predicted molar refractivity (Wildman–Crippen MR) is 169 cm³/mol. The van der Waals surface area contributed by atoms with Gasteiger partial charge in [-0.2, -0.15) is 0 Å². The highest BCUT2D eigenvalue weighted by atomic mass is 32.2. The molecule has 3 aromatic carbocycles. The average molecular weight is 624 g/mol. The predicted octanol–water partition coefficient (Wildman–Crippen LogP) is 4.77. The van der Waals surface area contributed by atoms with Gasteiger partial charge in [0.25, 0.3) is 10.0 Å². The van der Waals surface area contributed by atoms with E-state index in [0.29, 0.717) is 17.9 Å². The molecule has 10 nitrogen and oxygen atoms in total. The highest BCUT2D eigenvalue weighted by Gasteiger charge is 2.35. The van der Waals surface area contributed by atoms with Crippen molar-refractivity contribution in [3.63, 3.8) is 0 Å². The zero-order chi connectivity index (χ0) is 31.7. The Labute approximate surface area is 260 Å². The molecule has 1 atom stereocenters. The fourth-order valence-corrected chi connectivity index (χ4v) is 6.88. The number of sulfonamides is 1. The Morgan fingerprint density at radius 1 is 0.886 bits per heavy atom. The van der Waals surface area contributed by atoms with Crippen molar-refractivity contribution in [2.45, 2.75) is 62.6 Å². The first kappa shape index (κ1) is 32.7. The normalized spacial score (nSPS) is 14.0. The van der Waals surface area contributed by atoms with Gasteiger partial charge in [-0.25, -0.2) is 8.42 Å². The van der Waals surface area contributed by atoms with Crippen LogP contribution in [0.3, 0.4) is 0 Å². The molecule has 0 bridgehead atoms.